The molecule has 5 nitrogen and oxygen atoms in total. The topological polar surface area (TPSA) is 48.5 Å². The van der Waals surface area contributed by atoms with Gasteiger partial charge in [0, 0.05) is 24.7 Å². The lowest BCUT2D eigenvalue weighted by atomic mass is 10.1. The van der Waals surface area contributed by atoms with Crippen LogP contribution in [0.2, 0.25) is 0 Å². The van der Waals surface area contributed by atoms with Crippen molar-refractivity contribution in [3.8, 4) is 11.3 Å². The first kappa shape index (κ1) is 14.1. The second-order valence-electron chi connectivity index (χ2n) is 5.90. The lowest BCUT2D eigenvalue weighted by molar-refractivity contribution is 0.569. The predicted octanol–water partition coefficient (Wildman–Crippen LogP) is 3.06. The molecule has 1 aliphatic heterocycles. The van der Waals surface area contributed by atoms with E-state index in [1.54, 1.807) is 12.1 Å². The highest BCUT2D eigenvalue weighted by molar-refractivity contribution is 5.58. The SMILES string of the molecule is Fc1ccc(-c2ccn(Cc3nnc4n3CCCCC4)n2)cc1. The van der Waals surface area contributed by atoms with Crippen molar-refractivity contribution in [2.45, 2.75) is 38.8 Å². The summed E-state index contributed by atoms with van der Waals surface area (Å²) < 4.78 is 17.1. The third-order valence-electron chi connectivity index (χ3n) is 4.27. The van der Waals surface area contributed by atoms with E-state index in [0.29, 0.717) is 6.54 Å². The molecule has 0 N–H and O–H groups in total. The fourth-order valence-corrected chi connectivity index (χ4v) is 3.03. The van der Waals surface area contributed by atoms with Gasteiger partial charge in [-0.2, -0.15) is 5.10 Å². The monoisotopic (exact) mass is 311 g/mol. The van der Waals surface area contributed by atoms with Gasteiger partial charge in [0.15, 0.2) is 5.82 Å². The lowest BCUT2D eigenvalue weighted by Gasteiger charge is -2.06. The van der Waals surface area contributed by atoms with Crippen LogP contribution in [0.15, 0.2) is 36.5 Å². The molecular formula is C17H18FN5. The number of fused-ring (bicyclic) bond motifs is 1. The molecule has 1 aliphatic rings. The Bertz CT molecular complexity index is 803. The van der Waals surface area contributed by atoms with E-state index in [1.807, 2.05) is 16.9 Å². The predicted molar refractivity (Wildman–Crippen MR) is 84.3 cm³/mol. The van der Waals surface area contributed by atoms with E-state index in [1.165, 1.54) is 31.4 Å². The van der Waals surface area contributed by atoms with Crippen molar-refractivity contribution < 1.29 is 4.39 Å². The minimum Gasteiger partial charge on any atom is -0.313 e. The summed E-state index contributed by atoms with van der Waals surface area (Å²) >= 11 is 0. The Kier molecular flexibility index (Phi) is 3.65. The molecule has 3 heterocycles. The van der Waals surface area contributed by atoms with Gasteiger partial charge in [-0.25, -0.2) is 4.39 Å². The second kappa shape index (κ2) is 5.95. The summed E-state index contributed by atoms with van der Waals surface area (Å²) in [5.41, 5.74) is 1.74. The summed E-state index contributed by atoms with van der Waals surface area (Å²) in [6, 6.07) is 8.32. The molecule has 4 rings (SSSR count). The summed E-state index contributed by atoms with van der Waals surface area (Å²) in [4.78, 5) is 0. The molecule has 0 radical (unpaired) electrons. The van der Waals surface area contributed by atoms with Crippen LogP contribution in [0.25, 0.3) is 11.3 Å². The van der Waals surface area contributed by atoms with Crippen LogP contribution in [0.4, 0.5) is 4.39 Å². The molecule has 0 unspecified atom stereocenters. The highest BCUT2D eigenvalue weighted by Crippen LogP contribution is 2.18. The summed E-state index contributed by atoms with van der Waals surface area (Å²) in [5.74, 6) is 1.80. The van der Waals surface area contributed by atoms with Crippen LogP contribution in [0.1, 0.15) is 30.9 Å². The average molecular weight is 311 g/mol. The minimum absolute atomic E-state index is 0.237. The standard InChI is InChI=1S/C17H18FN5/c18-14-7-5-13(6-8-14)15-9-11-22(21-15)12-17-20-19-16-4-2-1-3-10-23(16)17/h5-9,11H,1-4,10,12H2. The maximum atomic E-state index is 13.0. The molecule has 0 aliphatic carbocycles. The molecule has 0 amide bonds. The quantitative estimate of drug-likeness (QED) is 0.747. The molecule has 0 saturated heterocycles. The highest BCUT2D eigenvalue weighted by atomic mass is 19.1. The maximum absolute atomic E-state index is 13.0. The van der Waals surface area contributed by atoms with Crippen LogP contribution in [-0.4, -0.2) is 24.5 Å². The number of hydrogen-bond acceptors (Lipinski definition) is 3. The Labute approximate surface area is 133 Å². The van der Waals surface area contributed by atoms with Gasteiger partial charge in [0.05, 0.1) is 5.69 Å². The Hall–Kier alpha value is -2.50. The second-order valence-corrected chi connectivity index (χ2v) is 5.90. The normalized spacial score (nSPS) is 14.5. The van der Waals surface area contributed by atoms with Crippen molar-refractivity contribution in [2.24, 2.45) is 0 Å². The van der Waals surface area contributed by atoms with Crippen molar-refractivity contribution in [3.63, 3.8) is 0 Å². The molecule has 6 heteroatoms. The number of halogens is 1. The van der Waals surface area contributed by atoms with Gasteiger partial charge in [0.1, 0.15) is 18.2 Å². The van der Waals surface area contributed by atoms with E-state index in [4.69, 9.17) is 0 Å². The fraction of sp³-hybridized carbons (Fsp3) is 0.353. The number of rotatable bonds is 3. The van der Waals surface area contributed by atoms with Crippen LogP contribution in [0.3, 0.4) is 0 Å². The van der Waals surface area contributed by atoms with Gasteiger partial charge >= 0.3 is 0 Å². The lowest BCUT2D eigenvalue weighted by Crippen LogP contribution is -2.10. The number of aryl methyl sites for hydroxylation is 1. The first-order chi connectivity index (χ1) is 11.3. The van der Waals surface area contributed by atoms with E-state index in [-0.39, 0.29) is 5.82 Å². The first-order valence-corrected chi connectivity index (χ1v) is 8.00. The smallest absolute Gasteiger partial charge is 0.154 e. The Morgan fingerprint density at radius 2 is 1.87 bits per heavy atom. The van der Waals surface area contributed by atoms with E-state index < -0.39 is 0 Å². The van der Waals surface area contributed by atoms with Gasteiger partial charge in [-0.15, -0.1) is 10.2 Å². The van der Waals surface area contributed by atoms with E-state index in [0.717, 1.165) is 35.9 Å². The van der Waals surface area contributed by atoms with Gasteiger partial charge in [0.2, 0.25) is 0 Å². The molecule has 23 heavy (non-hydrogen) atoms. The average Bonchev–Trinajstić information content (AvgIpc) is 3.10. The summed E-state index contributed by atoms with van der Waals surface area (Å²) in [6.07, 6.45) is 6.55. The maximum Gasteiger partial charge on any atom is 0.154 e. The Balaban J connectivity index is 1.56. The molecule has 2 aromatic heterocycles. The number of aromatic nitrogens is 5. The molecule has 0 bridgehead atoms. The van der Waals surface area contributed by atoms with E-state index in [9.17, 15) is 4.39 Å². The molecule has 0 saturated carbocycles. The first-order valence-electron chi connectivity index (χ1n) is 8.00. The van der Waals surface area contributed by atoms with Crippen LogP contribution >= 0.6 is 0 Å². The number of hydrogen-bond donors (Lipinski definition) is 0. The van der Waals surface area contributed by atoms with Crippen molar-refractivity contribution in [2.75, 3.05) is 0 Å². The molecule has 0 fully saturated rings. The molecule has 0 atom stereocenters. The Morgan fingerprint density at radius 1 is 1.00 bits per heavy atom. The van der Waals surface area contributed by atoms with E-state index >= 15 is 0 Å². The largest absolute Gasteiger partial charge is 0.313 e. The number of benzene rings is 1. The van der Waals surface area contributed by atoms with Crippen LogP contribution in [-0.2, 0) is 19.5 Å². The fourth-order valence-electron chi connectivity index (χ4n) is 3.03. The summed E-state index contributed by atoms with van der Waals surface area (Å²) in [7, 11) is 0. The van der Waals surface area contributed by atoms with Gasteiger partial charge in [-0.3, -0.25) is 4.68 Å². The zero-order valence-electron chi connectivity index (χ0n) is 12.8. The molecular weight excluding hydrogens is 293 g/mol. The summed E-state index contributed by atoms with van der Waals surface area (Å²) in [5, 5.41) is 13.2. The van der Waals surface area contributed by atoms with Crippen LogP contribution in [0.5, 0.6) is 0 Å². The van der Waals surface area contributed by atoms with Crippen molar-refractivity contribution in [1.82, 2.24) is 24.5 Å². The van der Waals surface area contributed by atoms with Crippen LogP contribution in [0, 0.1) is 5.82 Å². The van der Waals surface area contributed by atoms with Gasteiger partial charge < -0.3 is 4.57 Å². The van der Waals surface area contributed by atoms with Gasteiger partial charge in [0.25, 0.3) is 0 Å². The van der Waals surface area contributed by atoms with Gasteiger partial charge in [-0.1, -0.05) is 6.42 Å². The molecule has 1 aromatic carbocycles. The van der Waals surface area contributed by atoms with Crippen molar-refractivity contribution >= 4 is 0 Å². The highest BCUT2D eigenvalue weighted by Gasteiger charge is 2.15. The molecule has 118 valence electrons. The van der Waals surface area contributed by atoms with Crippen LogP contribution < -0.4 is 0 Å². The third kappa shape index (κ3) is 2.88. The number of nitrogens with zero attached hydrogens (tertiary/aromatic N) is 5. The van der Waals surface area contributed by atoms with E-state index in [2.05, 4.69) is 19.9 Å². The Morgan fingerprint density at radius 3 is 2.74 bits per heavy atom. The minimum atomic E-state index is -0.237. The summed E-state index contributed by atoms with van der Waals surface area (Å²) in [6.45, 7) is 1.60. The zero-order chi connectivity index (χ0) is 15.6. The molecule has 3 aromatic rings. The van der Waals surface area contributed by atoms with Crippen molar-refractivity contribution in [1.29, 1.82) is 0 Å². The van der Waals surface area contributed by atoms with Crippen molar-refractivity contribution in [3.05, 3.63) is 54.0 Å². The third-order valence-corrected chi connectivity index (χ3v) is 4.27. The molecule has 0 spiro atoms. The van der Waals surface area contributed by atoms with Gasteiger partial charge in [-0.05, 0) is 43.2 Å². The zero-order valence-corrected chi connectivity index (χ0v) is 12.8.